The van der Waals surface area contributed by atoms with Crippen LogP contribution in [0.2, 0.25) is 0 Å². The normalized spacial score (nSPS) is 41.4. The minimum atomic E-state index is -0.885. The Morgan fingerprint density at radius 3 is 2.74 bits per heavy atom. The summed E-state index contributed by atoms with van der Waals surface area (Å²) in [7, 11) is 1.97. The Kier molecular flexibility index (Phi) is 5.05. The van der Waals surface area contributed by atoms with Gasteiger partial charge in [-0.25, -0.2) is 0 Å². The van der Waals surface area contributed by atoms with E-state index in [0.717, 1.165) is 44.9 Å². The summed E-state index contributed by atoms with van der Waals surface area (Å²) < 4.78 is 0. The van der Waals surface area contributed by atoms with Crippen LogP contribution in [-0.4, -0.2) is 23.5 Å². The Morgan fingerprint density at radius 2 is 2.03 bits per heavy atom. The minimum Gasteiger partial charge on any atom is -0.388 e. The van der Waals surface area contributed by atoms with E-state index in [4.69, 9.17) is 0 Å². The van der Waals surface area contributed by atoms with Crippen molar-refractivity contribution in [3.63, 3.8) is 0 Å². The predicted molar refractivity (Wildman–Crippen MR) is 124 cm³/mol. The van der Waals surface area contributed by atoms with E-state index in [1.54, 1.807) is 5.57 Å². The van der Waals surface area contributed by atoms with Crippen molar-refractivity contribution >= 4 is 5.78 Å². The molecule has 5 aliphatic carbocycles. The number of likely N-dealkylation sites (N-methyl/N-ethyl adjacent to an activating group) is 1. The van der Waals surface area contributed by atoms with Crippen LogP contribution in [0.4, 0.5) is 0 Å². The van der Waals surface area contributed by atoms with Gasteiger partial charge in [0, 0.05) is 24.6 Å². The van der Waals surface area contributed by atoms with Crippen molar-refractivity contribution in [3.05, 3.63) is 46.7 Å². The number of carbonyl (C=O) groups excluding carboxylic acids is 1. The van der Waals surface area contributed by atoms with Gasteiger partial charge in [0.15, 0.2) is 5.78 Å². The quantitative estimate of drug-likeness (QED) is 0.632. The first-order valence-electron chi connectivity index (χ1n) is 12.1. The lowest BCUT2D eigenvalue weighted by atomic mass is 9.50. The highest BCUT2D eigenvalue weighted by atomic mass is 16.3. The Hall–Kier alpha value is -2.05. The summed E-state index contributed by atoms with van der Waals surface area (Å²) in [5.74, 6) is 8.44. The van der Waals surface area contributed by atoms with Crippen molar-refractivity contribution in [2.75, 3.05) is 7.05 Å². The van der Waals surface area contributed by atoms with Crippen molar-refractivity contribution in [1.29, 1.82) is 0 Å². The van der Waals surface area contributed by atoms with Gasteiger partial charge in [0.25, 0.3) is 0 Å². The average molecular weight is 418 g/mol. The molecule has 5 aliphatic rings. The van der Waals surface area contributed by atoms with Gasteiger partial charge in [-0.05, 0) is 98.8 Å². The maximum Gasteiger partial charge on any atom is 0.156 e. The zero-order valence-corrected chi connectivity index (χ0v) is 19.1. The smallest absolute Gasteiger partial charge is 0.156 e. The van der Waals surface area contributed by atoms with Gasteiger partial charge in [-0.2, -0.15) is 0 Å². The Bertz CT molecular complexity index is 986. The molecule has 0 saturated heterocycles. The molecule has 31 heavy (non-hydrogen) atoms. The van der Waals surface area contributed by atoms with Crippen LogP contribution in [0.3, 0.4) is 0 Å². The van der Waals surface area contributed by atoms with Gasteiger partial charge in [-0.3, -0.25) is 4.79 Å². The lowest BCUT2D eigenvalue weighted by Crippen LogP contribution is -2.52. The van der Waals surface area contributed by atoms with E-state index in [2.05, 4.69) is 42.3 Å². The second-order valence-electron chi connectivity index (χ2n) is 10.5. The van der Waals surface area contributed by atoms with Crippen molar-refractivity contribution in [1.82, 2.24) is 5.32 Å². The summed E-state index contributed by atoms with van der Waals surface area (Å²) in [6.45, 7) is 4.17. The van der Waals surface area contributed by atoms with E-state index in [1.807, 2.05) is 20.0 Å². The number of hydrogen-bond donors (Lipinski definition) is 2. The molecule has 2 fully saturated rings. The summed E-state index contributed by atoms with van der Waals surface area (Å²) in [4.78, 5) is 12.1. The third kappa shape index (κ3) is 3.10. The van der Waals surface area contributed by atoms with E-state index in [-0.39, 0.29) is 5.41 Å². The molecular formula is C28H35NO2. The van der Waals surface area contributed by atoms with Crippen molar-refractivity contribution < 1.29 is 9.90 Å². The monoisotopic (exact) mass is 417 g/mol. The molecular weight excluding hydrogens is 382 g/mol. The molecule has 2 saturated carbocycles. The topological polar surface area (TPSA) is 49.3 Å². The molecule has 3 nitrogen and oxygen atoms in total. The van der Waals surface area contributed by atoms with Gasteiger partial charge < -0.3 is 10.4 Å². The summed E-state index contributed by atoms with van der Waals surface area (Å²) in [6, 6.07) is 0. The fraction of sp³-hybridized carbons (Fsp3) is 0.607. The number of aliphatic hydroxyl groups is 1. The average Bonchev–Trinajstić information content (AvgIpc) is 3.03. The number of rotatable bonds is 2. The van der Waals surface area contributed by atoms with Gasteiger partial charge >= 0.3 is 0 Å². The van der Waals surface area contributed by atoms with Gasteiger partial charge in [0.1, 0.15) is 5.60 Å². The second kappa shape index (κ2) is 7.52. The molecule has 3 heteroatoms. The standard InChI is InChI=1S/C28H35NO2/c1-4-14-28(31)15-13-25-23-11-7-19-16-21(30)10-12-22(19)26(23)24(17-27(25,28)2)18-5-8-20(29-3)9-6-18/h5,8-9,16,18,23-25,29,31H,6-7,10-13,15,17H2,1-3H3/t18?,23-,24+,25-,27-,28-/m0/s1. The number of hydrogen-bond acceptors (Lipinski definition) is 3. The van der Waals surface area contributed by atoms with Crippen LogP contribution >= 0.6 is 0 Å². The van der Waals surface area contributed by atoms with E-state index in [0.29, 0.717) is 35.9 Å². The Balaban J connectivity index is 1.62. The summed E-state index contributed by atoms with van der Waals surface area (Å²) in [5.41, 5.74) is 4.57. The molecule has 5 rings (SSSR count). The maximum absolute atomic E-state index is 12.1. The van der Waals surface area contributed by atoms with Crippen LogP contribution in [0, 0.1) is 40.9 Å². The maximum atomic E-state index is 12.1. The van der Waals surface area contributed by atoms with E-state index >= 15 is 0 Å². The van der Waals surface area contributed by atoms with Crippen LogP contribution in [0.15, 0.2) is 46.7 Å². The van der Waals surface area contributed by atoms with E-state index in [1.165, 1.54) is 16.8 Å². The van der Waals surface area contributed by atoms with Crippen LogP contribution in [0.5, 0.6) is 0 Å². The molecule has 0 radical (unpaired) electrons. The third-order valence-corrected chi connectivity index (χ3v) is 9.20. The van der Waals surface area contributed by atoms with Crippen molar-refractivity contribution in [3.8, 4) is 11.8 Å². The van der Waals surface area contributed by atoms with Gasteiger partial charge in [0.2, 0.25) is 0 Å². The molecule has 0 heterocycles. The lowest BCUT2D eigenvalue weighted by Gasteiger charge is -2.55. The molecule has 1 unspecified atom stereocenters. The minimum absolute atomic E-state index is 0.179. The summed E-state index contributed by atoms with van der Waals surface area (Å²) in [5, 5.41) is 15.0. The number of ketones is 1. The summed E-state index contributed by atoms with van der Waals surface area (Å²) >= 11 is 0. The highest BCUT2D eigenvalue weighted by molar-refractivity contribution is 5.93. The third-order valence-electron chi connectivity index (χ3n) is 9.20. The van der Waals surface area contributed by atoms with Crippen LogP contribution < -0.4 is 5.32 Å². The van der Waals surface area contributed by atoms with Crippen molar-refractivity contribution in [2.45, 2.75) is 70.8 Å². The predicted octanol–water partition coefficient (Wildman–Crippen LogP) is 4.85. The molecule has 164 valence electrons. The summed E-state index contributed by atoms with van der Waals surface area (Å²) in [6.07, 6.45) is 16.4. The molecule has 0 aliphatic heterocycles. The SMILES string of the molecule is CC#C[C@]1(O)CC[C@H]2[C@@H]3CCC4=CC(=O)CCC4=C3[C@@H](C3C=CC(NC)=CC3)C[C@@]21C. The van der Waals surface area contributed by atoms with E-state index < -0.39 is 5.60 Å². The first-order valence-corrected chi connectivity index (χ1v) is 12.1. The lowest BCUT2D eigenvalue weighted by molar-refractivity contribution is -0.114. The zero-order valence-electron chi connectivity index (χ0n) is 19.1. The molecule has 0 aromatic carbocycles. The molecule has 6 atom stereocenters. The first-order chi connectivity index (χ1) is 14.9. The zero-order chi connectivity index (χ0) is 21.8. The first kappa shape index (κ1) is 20.8. The van der Waals surface area contributed by atoms with Gasteiger partial charge in [0.05, 0.1) is 0 Å². The van der Waals surface area contributed by atoms with Crippen LogP contribution in [0.25, 0.3) is 0 Å². The van der Waals surface area contributed by atoms with Gasteiger partial charge in [-0.15, -0.1) is 5.92 Å². The number of carbonyl (C=O) groups is 1. The molecule has 0 amide bonds. The van der Waals surface area contributed by atoms with Crippen LogP contribution in [-0.2, 0) is 4.79 Å². The molecule has 0 bridgehead atoms. The largest absolute Gasteiger partial charge is 0.388 e. The fourth-order valence-electron chi connectivity index (χ4n) is 7.64. The molecule has 2 N–H and O–H groups in total. The highest BCUT2D eigenvalue weighted by Gasteiger charge is 2.62. The fourth-order valence-corrected chi connectivity index (χ4v) is 7.64. The number of nitrogens with one attached hydrogen (secondary N) is 1. The van der Waals surface area contributed by atoms with Crippen molar-refractivity contribution in [2.24, 2.45) is 29.1 Å². The number of fused-ring (bicyclic) bond motifs is 4. The Morgan fingerprint density at radius 1 is 1.19 bits per heavy atom. The van der Waals surface area contributed by atoms with E-state index in [9.17, 15) is 9.90 Å². The second-order valence-corrected chi connectivity index (χ2v) is 10.5. The highest BCUT2D eigenvalue weighted by Crippen LogP contribution is 2.66. The number of allylic oxidation sites excluding steroid dienone is 7. The molecule has 0 spiro atoms. The van der Waals surface area contributed by atoms with Gasteiger partial charge in [-0.1, -0.05) is 30.6 Å². The molecule has 0 aromatic rings. The Labute approximate surface area is 186 Å². The van der Waals surface area contributed by atoms with Crippen LogP contribution in [0.1, 0.15) is 65.2 Å². The molecule has 0 aromatic heterocycles.